The number of likely N-dealkylation sites (tertiary alicyclic amines) is 1. The maximum atomic E-state index is 13.4. The van der Waals surface area contributed by atoms with E-state index in [0.717, 1.165) is 5.56 Å². The van der Waals surface area contributed by atoms with Gasteiger partial charge in [0.05, 0.1) is 12.0 Å². The van der Waals surface area contributed by atoms with Crippen LogP contribution < -0.4 is 10.5 Å². The molecule has 168 valence electrons. The van der Waals surface area contributed by atoms with Crippen LogP contribution in [-0.4, -0.2) is 45.9 Å². The van der Waals surface area contributed by atoms with E-state index in [4.69, 9.17) is 15.3 Å². The van der Waals surface area contributed by atoms with Crippen LogP contribution in [0.2, 0.25) is 0 Å². The largest absolute Gasteiger partial charge is 0.457 e. The van der Waals surface area contributed by atoms with Crippen LogP contribution in [0.25, 0.3) is 0 Å². The summed E-state index contributed by atoms with van der Waals surface area (Å²) in [4.78, 5) is 45.0. The predicted octanol–water partition coefficient (Wildman–Crippen LogP) is 2.79. The molecular weight excluding hydrogens is 410 g/mol. The second-order valence-corrected chi connectivity index (χ2v) is 9.02. The first-order valence-corrected chi connectivity index (χ1v) is 10.6. The van der Waals surface area contributed by atoms with Crippen LogP contribution in [0.4, 0.5) is 0 Å². The zero-order valence-electron chi connectivity index (χ0n) is 18.4. The SMILES string of the molecule is CC(C)(C)N1C(=O)C2ON(CCC(N)=O)C(c3cccc(Oc4ccccc4)c3)C2C1=O. The number of hydrogen-bond acceptors (Lipinski definition) is 6. The number of nitrogens with two attached hydrogens (primary N) is 1. The highest BCUT2D eigenvalue weighted by Crippen LogP contribution is 2.46. The Morgan fingerprint density at radius 3 is 2.38 bits per heavy atom. The van der Waals surface area contributed by atoms with Crippen molar-refractivity contribution in [3.63, 3.8) is 0 Å². The van der Waals surface area contributed by atoms with Crippen LogP contribution in [0.1, 0.15) is 38.8 Å². The molecule has 8 heteroatoms. The fourth-order valence-corrected chi connectivity index (χ4v) is 4.30. The van der Waals surface area contributed by atoms with Gasteiger partial charge in [-0.1, -0.05) is 30.3 Å². The first kappa shape index (κ1) is 22.0. The van der Waals surface area contributed by atoms with E-state index in [9.17, 15) is 14.4 Å². The Morgan fingerprint density at radius 1 is 1.03 bits per heavy atom. The maximum Gasteiger partial charge on any atom is 0.261 e. The Balaban J connectivity index is 1.68. The summed E-state index contributed by atoms with van der Waals surface area (Å²) in [5, 5.41) is 1.54. The highest BCUT2D eigenvalue weighted by Gasteiger charge is 2.61. The zero-order valence-corrected chi connectivity index (χ0v) is 18.4. The van der Waals surface area contributed by atoms with Crippen molar-refractivity contribution in [2.24, 2.45) is 11.7 Å². The quantitative estimate of drug-likeness (QED) is 0.698. The number of carbonyl (C=O) groups is 3. The molecule has 0 aliphatic carbocycles. The van der Waals surface area contributed by atoms with Crippen molar-refractivity contribution in [1.82, 2.24) is 9.96 Å². The third kappa shape index (κ3) is 4.11. The van der Waals surface area contributed by atoms with Crippen molar-refractivity contribution in [1.29, 1.82) is 0 Å². The lowest BCUT2D eigenvalue weighted by Crippen LogP contribution is -2.48. The van der Waals surface area contributed by atoms with E-state index in [-0.39, 0.29) is 24.8 Å². The Bertz CT molecular complexity index is 1030. The number of fused-ring (bicyclic) bond motifs is 1. The monoisotopic (exact) mass is 437 g/mol. The van der Waals surface area contributed by atoms with E-state index in [1.165, 1.54) is 9.96 Å². The molecule has 2 saturated heterocycles. The van der Waals surface area contributed by atoms with Gasteiger partial charge < -0.3 is 10.5 Å². The number of nitrogens with zero attached hydrogens (tertiary/aromatic N) is 2. The molecule has 4 rings (SSSR count). The minimum Gasteiger partial charge on any atom is -0.457 e. The summed E-state index contributed by atoms with van der Waals surface area (Å²) in [7, 11) is 0. The standard InChI is InChI=1S/C24H27N3O5/c1-24(2,3)27-22(29)19-20(26(13-12-18(25)28)32-21(19)23(27)30)15-8-7-11-17(14-15)31-16-9-5-4-6-10-16/h4-11,14,19-21H,12-13H2,1-3H3,(H2,25,28). The van der Waals surface area contributed by atoms with Gasteiger partial charge in [-0.25, -0.2) is 0 Å². The average molecular weight is 437 g/mol. The Labute approximate surface area is 186 Å². The lowest BCUT2D eigenvalue weighted by atomic mass is 9.90. The molecular formula is C24H27N3O5. The summed E-state index contributed by atoms with van der Waals surface area (Å²) in [6.07, 6.45) is -0.889. The van der Waals surface area contributed by atoms with Gasteiger partial charge in [-0.15, -0.1) is 0 Å². The summed E-state index contributed by atoms with van der Waals surface area (Å²) in [5.74, 6) is -0.580. The van der Waals surface area contributed by atoms with Crippen LogP contribution in [0.5, 0.6) is 11.5 Å². The number of imide groups is 1. The fraction of sp³-hybridized carbons (Fsp3) is 0.375. The number of hydrogen-bond donors (Lipinski definition) is 1. The van der Waals surface area contributed by atoms with Crippen molar-refractivity contribution >= 4 is 17.7 Å². The molecule has 2 fully saturated rings. The number of carbonyl (C=O) groups excluding carboxylic acids is 3. The second kappa shape index (κ2) is 8.37. The highest BCUT2D eigenvalue weighted by atomic mass is 16.7. The molecule has 32 heavy (non-hydrogen) atoms. The number of benzene rings is 2. The molecule has 2 aromatic carbocycles. The minimum absolute atomic E-state index is 0.0432. The predicted molar refractivity (Wildman–Crippen MR) is 116 cm³/mol. The van der Waals surface area contributed by atoms with Crippen LogP contribution in [0.15, 0.2) is 54.6 Å². The highest BCUT2D eigenvalue weighted by molar-refractivity contribution is 6.08. The summed E-state index contributed by atoms with van der Waals surface area (Å²) < 4.78 is 5.95. The molecule has 3 atom stereocenters. The number of para-hydroxylation sites is 1. The van der Waals surface area contributed by atoms with Gasteiger partial charge in [-0.05, 0) is 50.6 Å². The summed E-state index contributed by atoms with van der Waals surface area (Å²) in [6.45, 7) is 5.63. The Morgan fingerprint density at radius 2 is 1.72 bits per heavy atom. The van der Waals surface area contributed by atoms with Gasteiger partial charge in [0.15, 0.2) is 6.10 Å². The van der Waals surface area contributed by atoms with E-state index in [1.54, 1.807) is 0 Å². The van der Waals surface area contributed by atoms with Crippen LogP contribution >= 0.6 is 0 Å². The van der Waals surface area contributed by atoms with E-state index >= 15 is 0 Å². The maximum absolute atomic E-state index is 13.4. The molecule has 8 nitrogen and oxygen atoms in total. The molecule has 2 aliphatic heterocycles. The van der Waals surface area contributed by atoms with E-state index in [2.05, 4.69) is 0 Å². The van der Waals surface area contributed by atoms with Crippen molar-refractivity contribution in [2.45, 2.75) is 44.9 Å². The molecule has 0 aromatic heterocycles. The van der Waals surface area contributed by atoms with Gasteiger partial charge in [0, 0.05) is 18.5 Å². The van der Waals surface area contributed by atoms with Crippen LogP contribution in [-0.2, 0) is 19.2 Å². The van der Waals surface area contributed by atoms with Gasteiger partial charge in [0.2, 0.25) is 11.8 Å². The van der Waals surface area contributed by atoms with E-state index < -0.39 is 29.5 Å². The molecule has 2 aliphatic rings. The smallest absolute Gasteiger partial charge is 0.261 e. The van der Waals surface area contributed by atoms with Crippen molar-refractivity contribution in [3.8, 4) is 11.5 Å². The molecule has 0 spiro atoms. The number of ether oxygens (including phenoxy) is 1. The zero-order chi connectivity index (χ0) is 23.0. The minimum atomic E-state index is -0.932. The van der Waals surface area contributed by atoms with E-state index in [1.807, 2.05) is 75.4 Å². The van der Waals surface area contributed by atoms with Crippen molar-refractivity contribution in [3.05, 3.63) is 60.2 Å². The fourth-order valence-electron chi connectivity index (χ4n) is 4.30. The molecule has 0 radical (unpaired) electrons. The Kier molecular flexibility index (Phi) is 5.75. The number of hydroxylamine groups is 2. The van der Waals surface area contributed by atoms with Gasteiger partial charge >= 0.3 is 0 Å². The first-order chi connectivity index (χ1) is 15.2. The van der Waals surface area contributed by atoms with E-state index in [0.29, 0.717) is 11.5 Å². The summed E-state index contributed by atoms with van der Waals surface area (Å²) in [5.41, 5.74) is 5.42. The number of rotatable bonds is 6. The first-order valence-electron chi connectivity index (χ1n) is 10.6. The number of primary amides is 1. The molecule has 2 heterocycles. The third-order valence-corrected chi connectivity index (χ3v) is 5.62. The number of amides is 3. The molecule has 2 N–H and O–H groups in total. The molecule has 2 aromatic rings. The molecule has 0 saturated carbocycles. The van der Waals surface area contributed by atoms with Crippen LogP contribution in [0, 0.1) is 5.92 Å². The third-order valence-electron chi connectivity index (χ3n) is 5.62. The van der Waals surface area contributed by atoms with Gasteiger partial charge in [0.25, 0.3) is 5.91 Å². The van der Waals surface area contributed by atoms with Crippen molar-refractivity contribution < 1.29 is 24.0 Å². The summed E-state index contributed by atoms with van der Waals surface area (Å²) in [6, 6.07) is 16.1. The van der Waals surface area contributed by atoms with Crippen LogP contribution in [0.3, 0.4) is 0 Å². The second-order valence-electron chi connectivity index (χ2n) is 9.02. The van der Waals surface area contributed by atoms with Gasteiger partial charge in [-0.3, -0.25) is 24.1 Å². The normalized spacial score (nSPS) is 23.5. The molecule has 3 amide bonds. The van der Waals surface area contributed by atoms with Gasteiger partial charge in [0.1, 0.15) is 11.5 Å². The molecule has 3 unspecified atom stereocenters. The van der Waals surface area contributed by atoms with Crippen molar-refractivity contribution in [2.75, 3.05) is 6.54 Å². The lowest BCUT2D eigenvalue weighted by Gasteiger charge is -2.33. The lowest BCUT2D eigenvalue weighted by molar-refractivity contribution is -0.182. The topological polar surface area (TPSA) is 102 Å². The Hall–Kier alpha value is -3.23. The summed E-state index contributed by atoms with van der Waals surface area (Å²) >= 11 is 0. The average Bonchev–Trinajstić information content (AvgIpc) is 3.22. The van der Waals surface area contributed by atoms with Gasteiger partial charge in [-0.2, -0.15) is 5.06 Å². The molecule has 0 bridgehead atoms.